The molecule has 4 rings (SSSR count). The average molecular weight is 379 g/mol. The van der Waals surface area contributed by atoms with Gasteiger partial charge in [0, 0.05) is 12.2 Å². The third kappa shape index (κ3) is 3.62. The Morgan fingerprint density at radius 3 is 2.82 bits per heavy atom. The fourth-order valence-electron chi connectivity index (χ4n) is 3.36. The highest BCUT2D eigenvalue weighted by atomic mass is 19.1. The summed E-state index contributed by atoms with van der Waals surface area (Å²) in [6.07, 6.45) is 1.57. The minimum absolute atomic E-state index is 0.156. The van der Waals surface area contributed by atoms with Gasteiger partial charge in [-0.3, -0.25) is 14.7 Å². The first-order chi connectivity index (χ1) is 13.6. The molecule has 2 amide bonds. The summed E-state index contributed by atoms with van der Waals surface area (Å²) in [5, 5.41) is 12.2. The number of rotatable bonds is 5. The van der Waals surface area contributed by atoms with E-state index in [1.54, 1.807) is 0 Å². The molecule has 2 atom stereocenters. The zero-order valence-electron chi connectivity index (χ0n) is 14.9. The van der Waals surface area contributed by atoms with Gasteiger partial charge in [-0.05, 0) is 35.7 Å². The second kappa shape index (κ2) is 7.59. The molecule has 0 aliphatic carbocycles. The molecule has 0 fully saturated rings. The Balaban J connectivity index is 1.49. The highest BCUT2D eigenvalue weighted by Crippen LogP contribution is 2.27. The minimum Gasteiger partial charge on any atom is -0.354 e. The van der Waals surface area contributed by atoms with Crippen molar-refractivity contribution in [3.8, 4) is 0 Å². The molecular weight excluding hydrogens is 361 g/mol. The monoisotopic (exact) mass is 379 g/mol. The van der Waals surface area contributed by atoms with Crippen LogP contribution in [-0.2, 0) is 16.0 Å². The molecule has 3 aromatic rings. The molecule has 2 heterocycles. The number of nitrogens with one attached hydrogen (secondary N) is 3. The van der Waals surface area contributed by atoms with Crippen LogP contribution < -0.4 is 10.6 Å². The molecule has 0 saturated carbocycles. The first-order valence-corrected chi connectivity index (χ1v) is 8.89. The summed E-state index contributed by atoms with van der Waals surface area (Å²) in [5.74, 6) is -1.74. The largest absolute Gasteiger partial charge is 0.354 e. The highest BCUT2D eigenvalue weighted by Gasteiger charge is 2.32. The van der Waals surface area contributed by atoms with Crippen molar-refractivity contribution < 1.29 is 14.0 Å². The molecule has 7 nitrogen and oxygen atoms in total. The normalized spacial score (nSPS) is 16.8. The van der Waals surface area contributed by atoms with Gasteiger partial charge in [-0.25, -0.2) is 9.37 Å². The lowest BCUT2D eigenvalue weighted by molar-refractivity contribution is -0.132. The number of aromatic nitrogens is 3. The van der Waals surface area contributed by atoms with Gasteiger partial charge in [-0.2, -0.15) is 5.10 Å². The zero-order valence-corrected chi connectivity index (χ0v) is 14.9. The second-order valence-corrected chi connectivity index (χ2v) is 6.63. The predicted molar refractivity (Wildman–Crippen MR) is 99.9 cm³/mol. The van der Waals surface area contributed by atoms with Crippen molar-refractivity contribution in [3.05, 3.63) is 77.6 Å². The number of benzene rings is 2. The maximum absolute atomic E-state index is 13.5. The Bertz CT molecular complexity index is 991. The van der Waals surface area contributed by atoms with E-state index in [2.05, 4.69) is 25.8 Å². The van der Waals surface area contributed by atoms with Crippen LogP contribution in [0.15, 0.2) is 54.9 Å². The van der Waals surface area contributed by atoms with Crippen LogP contribution >= 0.6 is 0 Å². The molecule has 0 saturated heterocycles. The summed E-state index contributed by atoms with van der Waals surface area (Å²) >= 11 is 0. The van der Waals surface area contributed by atoms with Crippen molar-refractivity contribution in [2.45, 2.75) is 12.3 Å². The first kappa shape index (κ1) is 17.8. The number of anilines is 1. The molecule has 142 valence electrons. The first-order valence-electron chi connectivity index (χ1n) is 8.89. The van der Waals surface area contributed by atoms with Gasteiger partial charge in [0.25, 0.3) is 0 Å². The molecular formula is C20H18FN5O2. The summed E-state index contributed by atoms with van der Waals surface area (Å²) in [6, 6.07) is 13.7. The summed E-state index contributed by atoms with van der Waals surface area (Å²) in [6.45, 7) is 0.248. The Labute approximate surface area is 160 Å². The van der Waals surface area contributed by atoms with Crippen molar-refractivity contribution in [1.82, 2.24) is 20.5 Å². The summed E-state index contributed by atoms with van der Waals surface area (Å²) < 4.78 is 13.5. The average Bonchev–Trinajstić information content (AvgIpc) is 3.23. The highest BCUT2D eigenvalue weighted by molar-refractivity contribution is 6.08. The van der Waals surface area contributed by atoms with Crippen molar-refractivity contribution in [3.63, 3.8) is 0 Å². The fraction of sp³-hybridized carbons (Fsp3) is 0.200. The molecule has 0 radical (unpaired) electrons. The van der Waals surface area contributed by atoms with E-state index >= 15 is 0 Å². The van der Waals surface area contributed by atoms with E-state index in [4.69, 9.17) is 0 Å². The second-order valence-electron chi connectivity index (χ2n) is 6.63. The topological polar surface area (TPSA) is 99.8 Å². The maximum Gasteiger partial charge on any atom is 0.237 e. The number of amides is 2. The minimum atomic E-state index is -0.916. The van der Waals surface area contributed by atoms with E-state index in [0.29, 0.717) is 17.1 Å². The molecule has 0 spiro atoms. The van der Waals surface area contributed by atoms with E-state index in [-0.39, 0.29) is 18.9 Å². The lowest BCUT2D eigenvalue weighted by Gasteiger charge is -2.25. The molecule has 2 aromatic carbocycles. The van der Waals surface area contributed by atoms with Gasteiger partial charge in [0.15, 0.2) is 0 Å². The summed E-state index contributed by atoms with van der Waals surface area (Å²) in [7, 11) is 0. The van der Waals surface area contributed by atoms with Crippen LogP contribution in [-0.4, -0.2) is 33.5 Å². The van der Waals surface area contributed by atoms with E-state index < -0.39 is 23.5 Å². The number of fused-ring (bicyclic) bond motifs is 1. The summed E-state index contributed by atoms with van der Waals surface area (Å²) in [5.41, 5.74) is 2.11. The molecule has 1 aromatic heterocycles. The third-order valence-corrected chi connectivity index (χ3v) is 4.83. The predicted octanol–water partition coefficient (Wildman–Crippen LogP) is 2.00. The third-order valence-electron chi connectivity index (χ3n) is 4.83. The Morgan fingerprint density at radius 1 is 1.25 bits per heavy atom. The number of H-pyrrole nitrogens is 1. The van der Waals surface area contributed by atoms with Crippen LogP contribution in [0.5, 0.6) is 0 Å². The smallest absolute Gasteiger partial charge is 0.237 e. The molecule has 2 unspecified atom stereocenters. The van der Waals surface area contributed by atoms with Gasteiger partial charge in [-0.15, -0.1) is 0 Å². The SMILES string of the molecule is O=C(NCC(c1ccccc1)c1ncn[nH]1)C1Cc2cc(F)ccc2NC1=O. The van der Waals surface area contributed by atoms with Crippen LogP contribution in [0, 0.1) is 11.7 Å². The number of nitrogens with zero attached hydrogens (tertiary/aromatic N) is 2. The van der Waals surface area contributed by atoms with Crippen LogP contribution in [0.1, 0.15) is 22.9 Å². The van der Waals surface area contributed by atoms with Crippen LogP contribution in [0.3, 0.4) is 0 Å². The number of carbonyl (C=O) groups is 2. The molecule has 1 aliphatic heterocycles. The van der Waals surface area contributed by atoms with Crippen molar-refractivity contribution >= 4 is 17.5 Å². The Hall–Kier alpha value is -3.55. The maximum atomic E-state index is 13.5. The van der Waals surface area contributed by atoms with Crippen LogP contribution in [0.4, 0.5) is 10.1 Å². The Kier molecular flexibility index (Phi) is 4.84. The van der Waals surface area contributed by atoms with Gasteiger partial charge in [-0.1, -0.05) is 30.3 Å². The molecule has 1 aliphatic rings. The van der Waals surface area contributed by atoms with Gasteiger partial charge in [0.05, 0.1) is 5.92 Å². The van der Waals surface area contributed by atoms with Gasteiger partial charge in [0.2, 0.25) is 11.8 Å². The van der Waals surface area contributed by atoms with E-state index in [1.165, 1.54) is 24.5 Å². The quantitative estimate of drug-likeness (QED) is 0.591. The van der Waals surface area contributed by atoms with Crippen LogP contribution in [0.2, 0.25) is 0 Å². The van der Waals surface area contributed by atoms with Crippen molar-refractivity contribution in [2.24, 2.45) is 5.92 Å². The fourth-order valence-corrected chi connectivity index (χ4v) is 3.36. The van der Waals surface area contributed by atoms with E-state index in [1.807, 2.05) is 30.3 Å². The molecule has 8 heteroatoms. The van der Waals surface area contributed by atoms with Gasteiger partial charge in [0.1, 0.15) is 23.9 Å². The van der Waals surface area contributed by atoms with Crippen LogP contribution in [0.25, 0.3) is 0 Å². The summed E-state index contributed by atoms with van der Waals surface area (Å²) in [4.78, 5) is 29.2. The van der Waals surface area contributed by atoms with E-state index in [9.17, 15) is 14.0 Å². The lowest BCUT2D eigenvalue weighted by Crippen LogP contribution is -2.43. The van der Waals surface area contributed by atoms with E-state index in [0.717, 1.165) is 5.56 Å². The molecule has 0 bridgehead atoms. The van der Waals surface area contributed by atoms with Gasteiger partial charge >= 0.3 is 0 Å². The number of hydrogen-bond donors (Lipinski definition) is 3. The van der Waals surface area contributed by atoms with Crippen molar-refractivity contribution in [2.75, 3.05) is 11.9 Å². The standard InChI is InChI=1S/C20H18FN5O2/c21-14-6-7-17-13(8-14)9-15(20(28)25-17)19(27)22-10-16(18-23-11-24-26-18)12-4-2-1-3-5-12/h1-8,11,15-16H,9-10H2,(H,22,27)(H,25,28)(H,23,24,26). The zero-order chi connectivity index (χ0) is 19.5. The number of halogens is 1. The van der Waals surface area contributed by atoms with Crippen molar-refractivity contribution in [1.29, 1.82) is 0 Å². The van der Waals surface area contributed by atoms with Gasteiger partial charge < -0.3 is 10.6 Å². The number of carbonyl (C=O) groups excluding carboxylic acids is 2. The Morgan fingerprint density at radius 2 is 2.07 bits per heavy atom. The number of aromatic amines is 1. The number of hydrogen-bond acceptors (Lipinski definition) is 4. The molecule has 3 N–H and O–H groups in total. The lowest BCUT2D eigenvalue weighted by atomic mass is 9.92. The molecule has 28 heavy (non-hydrogen) atoms.